The summed E-state index contributed by atoms with van der Waals surface area (Å²) in [5, 5.41) is 0. The highest BCUT2D eigenvalue weighted by Crippen LogP contribution is 2.21. The first kappa shape index (κ1) is 13.5. The van der Waals surface area contributed by atoms with Gasteiger partial charge in [0.2, 0.25) is 5.91 Å². The zero-order valence-corrected chi connectivity index (χ0v) is 11.4. The molecule has 4 nitrogen and oxygen atoms in total. The Labute approximate surface area is 109 Å². The lowest BCUT2D eigenvalue weighted by atomic mass is 9.94. The van der Waals surface area contributed by atoms with Crippen LogP contribution < -0.4 is 0 Å². The second-order valence-electron chi connectivity index (χ2n) is 5.61. The van der Waals surface area contributed by atoms with E-state index in [-0.39, 0.29) is 5.91 Å². The van der Waals surface area contributed by atoms with Gasteiger partial charge in [0, 0.05) is 39.0 Å². The Bertz CT molecular complexity index is 301. The van der Waals surface area contributed by atoms with Gasteiger partial charge in [-0.3, -0.25) is 14.5 Å². The van der Waals surface area contributed by atoms with Crippen molar-refractivity contribution < 1.29 is 9.59 Å². The van der Waals surface area contributed by atoms with Crippen LogP contribution in [-0.2, 0) is 9.59 Å². The van der Waals surface area contributed by atoms with E-state index in [4.69, 9.17) is 0 Å². The van der Waals surface area contributed by atoms with Gasteiger partial charge in [0.05, 0.1) is 6.54 Å². The van der Waals surface area contributed by atoms with Crippen LogP contribution in [0.1, 0.15) is 44.9 Å². The van der Waals surface area contributed by atoms with Crippen molar-refractivity contribution in [2.24, 2.45) is 0 Å². The first-order valence-electron chi connectivity index (χ1n) is 7.16. The van der Waals surface area contributed by atoms with Gasteiger partial charge >= 0.3 is 0 Å². The van der Waals surface area contributed by atoms with Crippen LogP contribution >= 0.6 is 0 Å². The number of piperidine rings is 1. The number of carbonyl (C=O) groups is 2. The van der Waals surface area contributed by atoms with Gasteiger partial charge in [-0.2, -0.15) is 0 Å². The Balaban J connectivity index is 1.77. The quantitative estimate of drug-likeness (QED) is 0.763. The van der Waals surface area contributed by atoms with Gasteiger partial charge in [-0.1, -0.05) is 19.3 Å². The highest BCUT2D eigenvalue weighted by molar-refractivity contribution is 5.81. The molecule has 0 spiro atoms. The molecule has 1 saturated heterocycles. The van der Waals surface area contributed by atoms with E-state index < -0.39 is 0 Å². The SMILES string of the molecule is CN(C(=O)CN1CCC(=O)CC1)C1CCCCC1. The summed E-state index contributed by atoms with van der Waals surface area (Å²) in [4.78, 5) is 27.4. The molecule has 0 radical (unpaired) electrons. The summed E-state index contributed by atoms with van der Waals surface area (Å²) < 4.78 is 0. The van der Waals surface area contributed by atoms with Crippen LogP contribution in [0.15, 0.2) is 0 Å². The summed E-state index contributed by atoms with van der Waals surface area (Å²) in [6.45, 7) is 1.99. The van der Waals surface area contributed by atoms with Crippen molar-refractivity contribution >= 4 is 11.7 Å². The van der Waals surface area contributed by atoms with E-state index in [0.29, 0.717) is 31.2 Å². The topological polar surface area (TPSA) is 40.6 Å². The maximum Gasteiger partial charge on any atom is 0.236 e. The number of likely N-dealkylation sites (tertiary alicyclic amines) is 1. The zero-order chi connectivity index (χ0) is 13.0. The van der Waals surface area contributed by atoms with Crippen molar-refractivity contribution in [3.63, 3.8) is 0 Å². The number of likely N-dealkylation sites (N-methyl/N-ethyl adjacent to an activating group) is 1. The van der Waals surface area contributed by atoms with Crippen LogP contribution in [0, 0.1) is 0 Å². The summed E-state index contributed by atoms with van der Waals surface area (Å²) in [6, 6.07) is 0.442. The number of nitrogens with zero attached hydrogens (tertiary/aromatic N) is 2. The first-order valence-corrected chi connectivity index (χ1v) is 7.16. The highest BCUT2D eigenvalue weighted by atomic mass is 16.2. The molecule has 2 fully saturated rings. The fraction of sp³-hybridized carbons (Fsp3) is 0.857. The zero-order valence-electron chi connectivity index (χ0n) is 11.4. The second-order valence-corrected chi connectivity index (χ2v) is 5.61. The molecule has 1 heterocycles. The van der Waals surface area contributed by atoms with Crippen molar-refractivity contribution in [2.45, 2.75) is 51.0 Å². The van der Waals surface area contributed by atoms with Crippen LogP contribution in [0.2, 0.25) is 0 Å². The van der Waals surface area contributed by atoms with E-state index in [1.54, 1.807) is 0 Å². The van der Waals surface area contributed by atoms with Gasteiger partial charge in [-0.25, -0.2) is 0 Å². The van der Waals surface area contributed by atoms with E-state index in [2.05, 4.69) is 4.90 Å². The number of rotatable bonds is 3. The molecule has 0 N–H and O–H groups in total. The number of carbonyl (C=O) groups excluding carboxylic acids is 2. The van der Waals surface area contributed by atoms with Crippen LogP contribution in [0.3, 0.4) is 0 Å². The number of Topliss-reactive ketones (excluding diaryl/α,β-unsaturated/α-hetero) is 1. The number of ketones is 1. The van der Waals surface area contributed by atoms with Crippen molar-refractivity contribution in [3.8, 4) is 0 Å². The van der Waals surface area contributed by atoms with Crippen LogP contribution in [-0.4, -0.2) is 54.2 Å². The maximum absolute atomic E-state index is 12.2. The monoisotopic (exact) mass is 252 g/mol. The molecule has 102 valence electrons. The standard InChI is InChI=1S/C14H24N2O2/c1-15(12-5-3-2-4-6-12)14(18)11-16-9-7-13(17)8-10-16/h12H,2-11H2,1H3. The molecule has 1 aliphatic heterocycles. The van der Waals surface area contributed by atoms with Gasteiger partial charge in [0.25, 0.3) is 0 Å². The summed E-state index contributed by atoms with van der Waals surface area (Å²) in [5.74, 6) is 0.551. The van der Waals surface area contributed by atoms with E-state index in [1.165, 1.54) is 19.3 Å². The third kappa shape index (κ3) is 3.55. The van der Waals surface area contributed by atoms with Gasteiger partial charge in [0.1, 0.15) is 5.78 Å². The van der Waals surface area contributed by atoms with Gasteiger partial charge in [-0.05, 0) is 12.8 Å². The Kier molecular flexibility index (Phi) is 4.75. The predicted molar refractivity (Wildman–Crippen MR) is 70.3 cm³/mol. The maximum atomic E-state index is 12.2. The minimum Gasteiger partial charge on any atom is -0.342 e. The van der Waals surface area contributed by atoms with E-state index in [0.717, 1.165) is 25.9 Å². The molecule has 2 rings (SSSR count). The van der Waals surface area contributed by atoms with Crippen LogP contribution in [0.25, 0.3) is 0 Å². The van der Waals surface area contributed by atoms with E-state index in [1.807, 2.05) is 11.9 Å². The number of hydrogen-bond donors (Lipinski definition) is 0. The fourth-order valence-corrected chi connectivity index (χ4v) is 2.94. The third-order valence-electron chi connectivity index (χ3n) is 4.29. The van der Waals surface area contributed by atoms with Gasteiger partial charge in [-0.15, -0.1) is 0 Å². The normalized spacial score (nSPS) is 23.1. The van der Waals surface area contributed by atoms with Crippen molar-refractivity contribution in [1.29, 1.82) is 0 Å². The van der Waals surface area contributed by atoms with E-state index in [9.17, 15) is 9.59 Å². The molecular weight excluding hydrogens is 228 g/mol. The molecule has 0 atom stereocenters. The summed E-state index contributed by atoms with van der Waals surface area (Å²) in [7, 11) is 1.94. The minimum atomic E-state index is 0.219. The Morgan fingerprint density at radius 2 is 1.83 bits per heavy atom. The molecule has 0 aromatic heterocycles. The molecule has 2 aliphatic rings. The van der Waals surface area contributed by atoms with Crippen molar-refractivity contribution in [3.05, 3.63) is 0 Å². The molecule has 1 aliphatic carbocycles. The summed E-state index contributed by atoms with van der Waals surface area (Å²) >= 11 is 0. The Morgan fingerprint density at radius 1 is 1.22 bits per heavy atom. The Morgan fingerprint density at radius 3 is 2.44 bits per heavy atom. The average Bonchev–Trinajstić information content (AvgIpc) is 2.41. The molecule has 0 aromatic rings. The summed E-state index contributed by atoms with van der Waals surface area (Å²) in [5.41, 5.74) is 0. The smallest absolute Gasteiger partial charge is 0.236 e. The minimum absolute atomic E-state index is 0.219. The molecule has 0 aromatic carbocycles. The third-order valence-corrected chi connectivity index (χ3v) is 4.29. The molecule has 18 heavy (non-hydrogen) atoms. The molecule has 4 heteroatoms. The fourth-order valence-electron chi connectivity index (χ4n) is 2.94. The lowest BCUT2D eigenvalue weighted by molar-refractivity contribution is -0.135. The molecular formula is C14H24N2O2. The predicted octanol–water partition coefficient (Wildman–Crippen LogP) is 1.44. The average molecular weight is 252 g/mol. The lowest BCUT2D eigenvalue weighted by Gasteiger charge is -2.33. The van der Waals surface area contributed by atoms with Gasteiger partial charge in [0.15, 0.2) is 0 Å². The molecule has 0 unspecified atom stereocenters. The molecule has 1 saturated carbocycles. The van der Waals surface area contributed by atoms with E-state index >= 15 is 0 Å². The summed E-state index contributed by atoms with van der Waals surface area (Å²) in [6.07, 6.45) is 7.34. The lowest BCUT2D eigenvalue weighted by Crippen LogP contribution is -2.46. The Hall–Kier alpha value is -0.900. The molecule has 0 bridgehead atoms. The highest BCUT2D eigenvalue weighted by Gasteiger charge is 2.24. The van der Waals surface area contributed by atoms with Crippen LogP contribution in [0.4, 0.5) is 0 Å². The number of amides is 1. The van der Waals surface area contributed by atoms with Crippen molar-refractivity contribution in [1.82, 2.24) is 9.80 Å². The first-order chi connectivity index (χ1) is 8.66. The van der Waals surface area contributed by atoms with Crippen molar-refractivity contribution in [2.75, 3.05) is 26.7 Å². The largest absolute Gasteiger partial charge is 0.342 e. The van der Waals surface area contributed by atoms with Crippen LogP contribution in [0.5, 0.6) is 0 Å². The molecule has 1 amide bonds. The second kappa shape index (κ2) is 6.32. The van der Waals surface area contributed by atoms with Gasteiger partial charge < -0.3 is 4.90 Å². The number of hydrogen-bond acceptors (Lipinski definition) is 3.